The van der Waals surface area contributed by atoms with E-state index in [-0.39, 0.29) is 0 Å². The summed E-state index contributed by atoms with van der Waals surface area (Å²) in [6, 6.07) is 0. The van der Waals surface area contributed by atoms with Crippen LogP contribution in [0.3, 0.4) is 0 Å². The van der Waals surface area contributed by atoms with E-state index in [9.17, 15) is 0 Å². The van der Waals surface area contributed by atoms with Gasteiger partial charge < -0.3 is 5.32 Å². The molecule has 0 amide bonds. The van der Waals surface area contributed by atoms with Crippen molar-refractivity contribution < 1.29 is 0 Å². The molecule has 2 atom stereocenters. The summed E-state index contributed by atoms with van der Waals surface area (Å²) in [6.45, 7) is 7.66. The highest BCUT2D eigenvalue weighted by Gasteiger charge is 2.37. The summed E-state index contributed by atoms with van der Waals surface area (Å²) in [4.78, 5) is 0. The van der Waals surface area contributed by atoms with Gasteiger partial charge in [0.15, 0.2) is 0 Å². The van der Waals surface area contributed by atoms with Crippen molar-refractivity contribution in [1.82, 2.24) is 5.32 Å². The fraction of sp³-hybridized carbons (Fsp3) is 1.00. The van der Waals surface area contributed by atoms with Crippen LogP contribution >= 0.6 is 0 Å². The van der Waals surface area contributed by atoms with E-state index >= 15 is 0 Å². The molecule has 11 heavy (non-hydrogen) atoms. The molecule has 66 valence electrons. The lowest BCUT2D eigenvalue weighted by molar-refractivity contribution is 0.308. The smallest absolute Gasteiger partial charge is 0.0156 e. The highest BCUT2D eigenvalue weighted by Crippen LogP contribution is 2.36. The van der Waals surface area contributed by atoms with Gasteiger partial charge in [-0.3, -0.25) is 0 Å². The highest BCUT2D eigenvalue weighted by molar-refractivity contribution is 4.96. The molecule has 1 saturated heterocycles. The van der Waals surface area contributed by atoms with Gasteiger partial charge in [-0.15, -0.1) is 0 Å². The molecule has 1 nitrogen and oxygen atoms in total. The van der Waals surface area contributed by atoms with E-state index in [1.54, 1.807) is 0 Å². The predicted molar refractivity (Wildman–Crippen MR) is 49.7 cm³/mol. The van der Waals surface area contributed by atoms with Gasteiger partial charge in [0.2, 0.25) is 0 Å². The van der Waals surface area contributed by atoms with Crippen LogP contribution in [0, 0.1) is 5.92 Å². The van der Waals surface area contributed by atoms with Gasteiger partial charge >= 0.3 is 0 Å². The minimum absolute atomic E-state index is 0.545. The van der Waals surface area contributed by atoms with Crippen LogP contribution in [0.4, 0.5) is 0 Å². The number of rotatable bonds is 0. The number of fused-ring (bicyclic) bond motifs is 2. The van der Waals surface area contributed by atoms with E-state index in [2.05, 4.69) is 12.2 Å². The third-order valence-electron chi connectivity index (χ3n) is 2.90. The molecule has 2 fully saturated rings. The molecule has 1 aliphatic carbocycles. The maximum atomic E-state index is 3.59. The third kappa shape index (κ3) is 1.96. The monoisotopic (exact) mass is 155 g/mol. The number of nitrogens with one attached hydrogen (secondary N) is 1. The Hall–Kier alpha value is -0.0400. The van der Waals surface area contributed by atoms with Crippen molar-refractivity contribution in [2.24, 2.45) is 5.92 Å². The van der Waals surface area contributed by atoms with E-state index in [1.165, 1.54) is 32.2 Å². The zero-order valence-corrected chi connectivity index (χ0v) is 8.11. The van der Waals surface area contributed by atoms with Crippen LogP contribution in [-0.2, 0) is 0 Å². The molecular weight excluding hydrogens is 134 g/mol. The fourth-order valence-electron chi connectivity index (χ4n) is 2.35. The Balaban J connectivity index is 0.000000281. The Morgan fingerprint density at radius 3 is 2.64 bits per heavy atom. The number of hydrogen-bond donors (Lipinski definition) is 1. The van der Waals surface area contributed by atoms with Crippen molar-refractivity contribution in [2.45, 2.75) is 52.0 Å². The zero-order chi connectivity index (χ0) is 8.32. The molecule has 1 N–H and O–H groups in total. The van der Waals surface area contributed by atoms with Crippen molar-refractivity contribution in [1.29, 1.82) is 0 Å². The standard InChI is InChI=1S/C8H15N.C2H6/c1-8-4-2-3-7(5-8)6-9-8;1-2/h7,9H,2-6H2,1H3;1-2H3. The lowest BCUT2D eigenvalue weighted by Crippen LogP contribution is -2.36. The van der Waals surface area contributed by atoms with Crippen LogP contribution in [0.15, 0.2) is 0 Å². The van der Waals surface area contributed by atoms with Gasteiger partial charge in [0.05, 0.1) is 0 Å². The fourth-order valence-corrected chi connectivity index (χ4v) is 2.35. The molecule has 1 aliphatic heterocycles. The van der Waals surface area contributed by atoms with Gasteiger partial charge in [-0.25, -0.2) is 0 Å². The Kier molecular flexibility index (Phi) is 2.94. The van der Waals surface area contributed by atoms with Crippen molar-refractivity contribution in [3.8, 4) is 0 Å². The summed E-state index contributed by atoms with van der Waals surface area (Å²) in [5, 5.41) is 3.59. The molecule has 1 heteroatoms. The first-order chi connectivity index (χ1) is 5.29. The van der Waals surface area contributed by atoms with Crippen LogP contribution < -0.4 is 5.32 Å². The molecule has 1 saturated carbocycles. The summed E-state index contributed by atoms with van der Waals surface area (Å²) in [5.74, 6) is 1.02. The molecule has 2 unspecified atom stereocenters. The van der Waals surface area contributed by atoms with Crippen molar-refractivity contribution in [3.05, 3.63) is 0 Å². The van der Waals surface area contributed by atoms with Gasteiger partial charge in [0.25, 0.3) is 0 Å². The van der Waals surface area contributed by atoms with Crippen LogP contribution in [0.25, 0.3) is 0 Å². The highest BCUT2D eigenvalue weighted by atomic mass is 15.0. The Morgan fingerprint density at radius 2 is 2.09 bits per heavy atom. The molecule has 2 bridgehead atoms. The van der Waals surface area contributed by atoms with Gasteiger partial charge in [0.1, 0.15) is 0 Å². The lowest BCUT2D eigenvalue weighted by Gasteiger charge is -2.28. The minimum atomic E-state index is 0.545. The maximum Gasteiger partial charge on any atom is 0.0156 e. The minimum Gasteiger partial charge on any atom is -0.311 e. The molecule has 0 aromatic heterocycles. The van der Waals surface area contributed by atoms with Gasteiger partial charge in [-0.05, 0) is 38.6 Å². The summed E-state index contributed by atoms with van der Waals surface area (Å²) in [5.41, 5.74) is 0.545. The summed E-state index contributed by atoms with van der Waals surface area (Å²) in [7, 11) is 0. The third-order valence-corrected chi connectivity index (χ3v) is 2.90. The van der Waals surface area contributed by atoms with Crippen LogP contribution in [0.5, 0.6) is 0 Å². The molecule has 2 aliphatic rings. The van der Waals surface area contributed by atoms with Gasteiger partial charge in [0, 0.05) is 5.54 Å². The zero-order valence-electron chi connectivity index (χ0n) is 8.11. The maximum absolute atomic E-state index is 3.59. The second kappa shape index (κ2) is 3.57. The quantitative estimate of drug-likeness (QED) is 0.567. The second-order valence-corrected chi connectivity index (χ2v) is 3.90. The van der Waals surface area contributed by atoms with E-state index in [4.69, 9.17) is 0 Å². The van der Waals surface area contributed by atoms with Crippen molar-refractivity contribution in [3.63, 3.8) is 0 Å². The summed E-state index contributed by atoms with van der Waals surface area (Å²) < 4.78 is 0. The Bertz CT molecular complexity index is 118. The van der Waals surface area contributed by atoms with Gasteiger partial charge in [-0.1, -0.05) is 20.3 Å². The molecule has 1 heterocycles. The normalized spacial score (nSPS) is 41.2. The first kappa shape index (κ1) is 9.05. The van der Waals surface area contributed by atoms with Gasteiger partial charge in [-0.2, -0.15) is 0 Å². The lowest BCUT2D eigenvalue weighted by atomic mass is 9.82. The van der Waals surface area contributed by atoms with E-state index in [0.29, 0.717) is 5.54 Å². The van der Waals surface area contributed by atoms with Crippen molar-refractivity contribution >= 4 is 0 Å². The Morgan fingerprint density at radius 1 is 1.36 bits per heavy atom. The molecule has 0 radical (unpaired) electrons. The number of hydrogen-bond acceptors (Lipinski definition) is 1. The topological polar surface area (TPSA) is 12.0 Å². The predicted octanol–water partition coefficient (Wildman–Crippen LogP) is 2.56. The second-order valence-electron chi connectivity index (χ2n) is 3.90. The van der Waals surface area contributed by atoms with E-state index < -0.39 is 0 Å². The molecule has 0 spiro atoms. The van der Waals surface area contributed by atoms with Crippen LogP contribution in [0.2, 0.25) is 0 Å². The average molecular weight is 155 g/mol. The SMILES string of the molecule is CC.CC12CCCC(CN1)C2. The Labute approximate surface area is 70.6 Å². The summed E-state index contributed by atoms with van der Waals surface area (Å²) in [6.07, 6.45) is 5.77. The summed E-state index contributed by atoms with van der Waals surface area (Å²) >= 11 is 0. The molecular formula is C10H21N. The van der Waals surface area contributed by atoms with E-state index in [1.807, 2.05) is 13.8 Å². The molecule has 2 rings (SSSR count). The average Bonchev–Trinajstić information content (AvgIpc) is 2.30. The first-order valence-electron chi connectivity index (χ1n) is 5.04. The van der Waals surface area contributed by atoms with E-state index in [0.717, 1.165) is 5.92 Å². The molecule has 0 aromatic carbocycles. The molecule has 0 aromatic rings. The first-order valence-corrected chi connectivity index (χ1v) is 5.04. The van der Waals surface area contributed by atoms with Crippen molar-refractivity contribution in [2.75, 3.05) is 6.54 Å². The largest absolute Gasteiger partial charge is 0.311 e. The van der Waals surface area contributed by atoms with Crippen LogP contribution in [-0.4, -0.2) is 12.1 Å². The van der Waals surface area contributed by atoms with Crippen LogP contribution in [0.1, 0.15) is 46.5 Å².